The van der Waals surface area contributed by atoms with Crippen LogP contribution in [-0.2, 0) is 9.59 Å². The van der Waals surface area contributed by atoms with Gasteiger partial charge in [0.2, 0.25) is 5.91 Å². The van der Waals surface area contributed by atoms with Crippen molar-refractivity contribution in [1.29, 1.82) is 0 Å². The molecule has 1 saturated heterocycles. The number of carbonyl (C=O) groups is 2. The van der Waals surface area contributed by atoms with Gasteiger partial charge in [-0.2, -0.15) is 0 Å². The van der Waals surface area contributed by atoms with Crippen molar-refractivity contribution in [3.63, 3.8) is 0 Å². The number of nitrogens with one attached hydrogen (secondary N) is 1. The molecule has 1 aliphatic rings. The van der Waals surface area contributed by atoms with Crippen molar-refractivity contribution in [3.8, 4) is 0 Å². The fourth-order valence-electron chi connectivity index (χ4n) is 2.16. The lowest BCUT2D eigenvalue weighted by atomic mass is 10.1. The van der Waals surface area contributed by atoms with Crippen LogP contribution in [0.3, 0.4) is 0 Å². The third kappa shape index (κ3) is 2.85. The van der Waals surface area contributed by atoms with Crippen LogP contribution in [-0.4, -0.2) is 41.0 Å². The molecule has 106 valence electrons. The molecule has 2 rings (SSSR count). The summed E-state index contributed by atoms with van der Waals surface area (Å²) in [7, 11) is 0. The summed E-state index contributed by atoms with van der Waals surface area (Å²) in [5.74, 6) is -1.42. The van der Waals surface area contributed by atoms with Crippen molar-refractivity contribution in [2.24, 2.45) is 0 Å². The van der Waals surface area contributed by atoms with E-state index in [4.69, 9.17) is 5.11 Å². The van der Waals surface area contributed by atoms with Gasteiger partial charge in [0, 0.05) is 30.9 Å². The summed E-state index contributed by atoms with van der Waals surface area (Å²) in [5.41, 5.74) is 0.543. The Hall–Kier alpha value is -2.64. The third-order valence-electron chi connectivity index (χ3n) is 3.09. The lowest BCUT2D eigenvalue weighted by molar-refractivity contribution is -0.384. The van der Waals surface area contributed by atoms with E-state index in [2.05, 4.69) is 5.32 Å². The van der Waals surface area contributed by atoms with E-state index in [9.17, 15) is 19.7 Å². The van der Waals surface area contributed by atoms with E-state index >= 15 is 0 Å². The molecule has 20 heavy (non-hydrogen) atoms. The number of non-ortho nitro benzene ring substituents is 1. The number of anilines is 1. The van der Waals surface area contributed by atoms with Gasteiger partial charge in [0.25, 0.3) is 5.69 Å². The number of carbonyl (C=O) groups excluding carboxylic acids is 1. The molecule has 0 aromatic heterocycles. The van der Waals surface area contributed by atoms with Crippen LogP contribution in [0.25, 0.3) is 0 Å². The molecule has 8 heteroatoms. The predicted octanol–water partition coefficient (Wildman–Crippen LogP) is 0.374. The number of hydrogen-bond acceptors (Lipinski definition) is 5. The second-order valence-corrected chi connectivity index (χ2v) is 4.37. The van der Waals surface area contributed by atoms with Gasteiger partial charge in [-0.05, 0) is 12.1 Å². The molecule has 1 aliphatic heterocycles. The van der Waals surface area contributed by atoms with Crippen molar-refractivity contribution in [2.75, 3.05) is 18.0 Å². The molecule has 1 heterocycles. The van der Waals surface area contributed by atoms with Gasteiger partial charge in [0.15, 0.2) is 0 Å². The van der Waals surface area contributed by atoms with Crippen LogP contribution < -0.4 is 10.2 Å². The summed E-state index contributed by atoms with van der Waals surface area (Å²) in [5, 5.41) is 22.1. The van der Waals surface area contributed by atoms with Crippen LogP contribution >= 0.6 is 0 Å². The maximum Gasteiger partial charge on any atom is 0.305 e. The van der Waals surface area contributed by atoms with E-state index in [1.165, 1.54) is 24.3 Å². The van der Waals surface area contributed by atoms with Crippen molar-refractivity contribution in [3.05, 3.63) is 34.4 Å². The standard InChI is InChI=1S/C12H13N3O5/c16-11(17)7-10-12(18)13-5-6-14(10)8-1-3-9(4-2-8)15(19)20/h1-4,10H,5-7H2,(H,13,18)(H,16,17). The first kappa shape index (κ1) is 13.8. The van der Waals surface area contributed by atoms with Gasteiger partial charge in [-0.3, -0.25) is 19.7 Å². The minimum atomic E-state index is -1.07. The predicted molar refractivity (Wildman–Crippen MR) is 69.5 cm³/mol. The van der Waals surface area contributed by atoms with Crippen molar-refractivity contribution >= 4 is 23.3 Å². The molecule has 1 unspecified atom stereocenters. The van der Waals surface area contributed by atoms with Gasteiger partial charge >= 0.3 is 5.97 Å². The minimum Gasteiger partial charge on any atom is -0.481 e. The zero-order chi connectivity index (χ0) is 14.7. The highest BCUT2D eigenvalue weighted by Crippen LogP contribution is 2.23. The number of carboxylic acids is 1. The number of nitrogens with zero attached hydrogens (tertiary/aromatic N) is 2. The van der Waals surface area contributed by atoms with Crippen LogP contribution in [0.2, 0.25) is 0 Å². The SMILES string of the molecule is O=C(O)CC1C(=O)NCCN1c1ccc([N+](=O)[O-])cc1. The normalized spacial score (nSPS) is 18.5. The molecule has 1 amide bonds. The topological polar surface area (TPSA) is 113 Å². The Morgan fingerprint density at radius 3 is 2.65 bits per heavy atom. The van der Waals surface area contributed by atoms with Crippen LogP contribution in [0.1, 0.15) is 6.42 Å². The molecular formula is C12H13N3O5. The molecule has 0 bridgehead atoms. The quantitative estimate of drug-likeness (QED) is 0.608. The van der Waals surface area contributed by atoms with E-state index < -0.39 is 16.9 Å². The summed E-state index contributed by atoms with van der Waals surface area (Å²) in [4.78, 5) is 34.3. The summed E-state index contributed by atoms with van der Waals surface area (Å²) in [6.07, 6.45) is -0.317. The first-order valence-electron chi connectivity index (χ1n) is 5.99. The van der Waals surface area contributed by atoms with Gasteiger partial charge in [0.05, 0.1) is 11.3 Å². The Balaban J connectivity index is 2.25. The number of piperazine rings is 1. The van der Waals surface area contributed by atoms with E-state index in [1.54, 1.807) is 4.90 Å². The van der Waals surface area contributed by atoms with Crippen LogP contribution in [0, 0.1) is 10.1 Å². The Morgan fingerprint density at radius 2 is 2.10 bits per heavy atom. The Labute approximate surface area is 114 Å². The molecule has 1 aromatic rings. The molecule has 0 aliphatic carbocycles. The van der Waals surface area contributed by atoms with Gasteiger partial charge < -0.3 is 15.3 Å². The zero-order valence-electron chi connectivity index (χ0n) is 10.5. The highest BCUT2D eigenvalue weighted by Gasteiger charge is 2.31. The number of benzene rings is 1. The average Bonchev–Trinajstić information content (AvgIpc) is 2.41. The van der Waals surface area contributed by atoms with Crippen molar-refractivity contribution < 1.29 is 19.6 Å². The summed E-state index contributed by atoms with van der Waals surface area (Å²) in [6, 6.07) is 4.90. The Bertz CT molecular complexity index is 543. The second-order valence-electron chi connectivity index (χ2n) is 4.37. The highest BCUT2D eigenvalue weighted by molar-refractivity contribution is 5.90. The van der Waals surface area contributed by atoms with Crippen molar-refractivity contribution in [1.82, 2.24) is 5.32 Å². The number of amides is 1. The summed E-state index contributed by atoms with van der Waals surface area (Å²) in [6.45, 7) is 0.868. The molecule has 0 radical (unpaired) electrons. The van der Waals surface area contributed by atoms with E-state index in [1.807, 2.05) is 0 Å². The maximum atomic E-state index is 11.8. The van der Waals surface area contributed by atoms with E-state index in [-0.39, 0.29) is 18.0 Å². The number of rotatable bonds is 4. The fraction of sp³-hybridized carbons (Fsp3) is 0.333. The molecule has 0 spiro atoms. The van der Waals surface area contributed by atoms with Crippen molar-refractivity contribution in [2.45, 2.75) is 12.5 Å². The minimum absolute atomic E-state index is 0.0509. The van der Waals surface area contributed by atoms with Gasteiger partial charge in [-0.1, -0.05) is 0 Å². The average molecular weight is 279 g/mol. The highest BCUT2D eigenvalue weighted by atomic mass is 16.6. The molecular weight excluding hydrogens is 266 g/mol. The van der Waals surface area contributed by atoms with Crippen LogP contribution in [0.15, 0.2) is 24.3 Å². The van der Waals surface area contributed by atoms with Crippen LogP contribution in [0.5, 0.6) is 0 Å². The number of carboxylic acid groups (broad SMARTS) is 1. The summed E-state index contributed by atoms with van der Waals surface area (Å²) < 4.78 is 0. The first-order chi connectivity index (χ1) is 9.49. The van der Waals surface area contributed by atoms with Gasteiger partial charge in [-0.25, -0.2) is 0 Å². The smallest absolute Gasteiger partial charge is 0.305 e. The molecule has 2 N–H and O–H groups in total. The number of nitro groups is 1. The monoisotopic (exact) mass is 279 g/mol. The number of nitro benzene ring substituents is 1. The largest absolute Gasteiger partial charge is 0.481 e. The zero-order valence-corrected chi connectivity index (χ0v) is 10.5. The first-order valence-corrected chi connectivity index (χ1v) is 5.99. The lowest BCUT2D eigenvalue weighted by Gasteiger charge is -2.36. The lowest BCUT2D eigenvalue weighted by Crippen LogP contribution is -2.56. The van der Waals surface area contributed by atoms with Gasteiger partial charge in [-0.15, -0.1) is 0 Å². The van der Waals surface area contributed by atoms with Gasteiger partial charge in [0.1, 0.15) is 6.04 Å². The fourth-order valence-corrected chi connectivity index (χ4v) is 2.16. The van der Waals surface area contributed by atoms with E-state index in [0.29, 0.717) is 18.8 Å². The number of aliphatic carboxylic acids is 1. The van der Waals surface area contributed by atoms with E-state index in [0.717, 1.165) is 0 Å². The number of hydrogen-bond donors (Lipinski definition) is 2. The molecule has 8 nitrogen and oxygen atoms in total. The molecule has 0 saturated carbocycles. The maximum absolute atomic E-state index is 11.8. The third-order valence-corrected chi connectivity index (χ3v) is 3.09. The second kappa shape index (κ2) is 5.55. The Morgan fingerprint density at radius 1 is 1.45 bits per heavy atom. The molecule has 1 aromatic carbocycles. The summed E-state index contributed by atoms with van der Waals surface area (Å²) >= 11 is 0. The molecule has 1 atom stereocenters. The Kier molecular flexibility index (Phi) is 3.83. The van der Waals surface area contributed by atoms with Crippen LogP contribution in [0.4, 0.5) is 11.4 Å². The molecule has 1 fully saturated rings.